The molecule has 0 spiro atoms. The van der Waals surface area contributed by atoms with E-state index in [0.717, 1.165) is 22.0 Å². The van der Waals surface area contributed by atoms with Gasteiger partial charge in [-0.2, -0.15) is 0 Å². The second-order valence-corrected chi connectivity index (χ2v) is 5.61. The Labute approximate surface area is 115 Å². The van der Waals surface area contributed by atoms with Crippen molar-refractivity contribution in [1.82, 2.24) is 9.97 Å². The number of imidazole rings is 1. The summed E-state index contributed by atoms with van der Waals surface area (Å²) in [5, 5.41) is 0.948. The van der Waals surface area contributed by atoms with E-state index in [1.807, 2.05) is 18.2 Å². The number of H-pyrrole nitrogens is 1. The number of rotatable bonds is 4. The number of fused-ring (bicyclic) bond motifs is 1. The summed E-state index contributed by atoms with van der Waals surface area (Å²) >= 11 is 1.59. The highest BCUT2D eigenvalue weighted by Crippen LogP contribution is 2.33. The van der Waals surface area contributed by atoms with Gasteiger partial charge in [0.25, 0.3) is 0 Å². The monoisotopic (exact) mass is 273 g/mol. The molecule has 0 fully saturated rings. The second kappa shape index (κ2) is 5.11. The van der Waals surface area contributed by atoms with Crippen LogP contribution in [-0.4, -0.2) is 16.5 Å². The fraction of sp³-hybridized carbons (Fsp3) is 0.214. The molecule has 3 rings (SSSR count). The molecule has 98 valence electrons. The number of furan rings is 1. The number of hydrogen-bond acceptors (Lipinski definition) is 4. The maximum Gasteiger partial charge on any atom is 0.167 e. The molecule has 3 aromatic rings. The average Bonchev–Trinajstić information content (AvgIpc) is 3.04. The zero-order chi connectivity index (χ0) is 13.2. The number of aryl methyl sites for hydroxylation is 1. The van der Waals surface area contributed by atoms with Crippen molar-refractivity contribution in [2.24, 2.45) is 5.73 Å². The first-order chi connectivity index (χ1) is 9.26. The fourth-order valence-electron chi connectivity index (χ4n) is 1.99. The molecule has 0 radical (unpaired) electrons. The first-order valence-corrected chi connectivity index (χ1v) is 7.01. The van der Waals surface area contributed by atoms with Gasteiger partial charge in [0.2, 0.25) is 0 Å². The molecule has 2 aromatic heterocycles. The molecule has 0 bridgehead atoms. The summed E-state index contributed by atoms with van der Waals surface area (Å²) in [7, 11) is 0. The van der Waals surface area contributed by atoms with Crippen molar-refractivity contribution < 1.29 is 4.42 Å². The molecule has 0 aliphatic heterocycles. The quantitative estimate of drug-likeness (QED) is 0.716. The number of aromatic amines is 1. The molecule has 0 saturated heterocycles. The van der Waals surface area contributed by atoms with E-state index in [0.29, 0.717) is 6.54 Å². The van der Waals surface area contributed by atoms with E-state index >= 15 is 0 Å². The first-order valence-electron chi connectivity index (χ1n) is 6.13. The molecular formula is C14H15N3OS. The molecule has 2 heterocycles. The van der Waals surface area contributed by atoms with Crippen LogP contribution in [0.4, 0.5) is 0 Å². The molecule has 5 heteroatoms. The lowest BCUT2D eigenvalue weighted by Gasteiger charge is -2.08. The van der Waals surface area contributed by atoms with E-state index in [1.165, 1.54) is 5.56 Å². The van der Waals surface area contributed by atoms with Crippen molar-refractivity contribution >= 4 is 22.8 Å². The van der Waals surface area contributed by atoms with Crippen molar-refractivity contribution in [1.29, 1.82) is 0 Å². The SMILES string of the molecule is Cc1ccc2nc(SC(CN)c3ccco3)[nH]c2c1. The molecule has 1 aromatic carbocycles. The van der Waals surface area contributed by atoms with Gasteiger partial charge < -0.3 is 15.1 Å². The van der Waals surface area contributed by atoms with Crippen LogP contribution in [0.3, 0.4) is 0 Å². The highest BCUT2D eigenvalue weighted by atomic mass is 32.2. The normalized spacial score (nSPS) is 12.9. The lowest BCUT2D eigenvalue weighted by atomic mass is 10.2. The minimum Gasteiger partial charge on any atom is -0.468 e. The maximum atomic E-state index is 5.81. The largest absolute Gasteiger partial charge is 0.468 e. The Kier molecular flexibility index (Phi) is 3.31. The van der Waals surface area contributed by atoms with Crippen molar-refractivity contribution in [2.75, 3.05) is 6.54 Å². The minimum atomic E-state index is 0.0802. The summed E-state index contributed by atoms with van der Waals surface area (Å²) < 4.78 is 5.41. The molecule has 1 unspecified atom stereocenters. The summed E-state index contributed by atoms with van der Waals surface area (Å²) in [5.41, 5.74) is 9.05. The van der Waals surface area contributed by atoms with E-state index in [4.69, 9.17) is 10.2 Å². The van der Waals surface area contributed by atoms with Crippen LogP contribution >= 0.6 is 11.8 Å². The molecule has 0 aliphatic rings. The highest BCUT2D eigenvalue weighted by molar-refractivity contribution is 7.99. The topological polar surface area (TPSA) is 67.8 Å². The van der Waals surface area contributed by atoms with Crippen LogP contribution in [0.5, 0.6) is 0 Å². The van der Waals surface area contributed by atoms with Gasteiger partial charge in [0.1, 0.15) is 5.76 Å². The minimum absolute atomic E-state index is 0.0802. The predicted octanol–water partition coefficient (Wildman–Crippen LogP) is 3.26. The number of nitrogens with two attached hydrogens (primary N) is 1. The van der Waals surface area contributed by atoms with E-state index < -0.39 is 0 Å². The standard InChI is InChI=1S/C14H15N3OS/c1-9-4-5-10-11(7-9)17-14(16-10)19-13(8-15)12-3-2-6-18-12/h2-7,13H,8,15H2,1H3,(H,16,17). The molecule has 0 aliphatic carbocycles. The molecule has 4 nitrogen and oxygen atoms in total. The Morgan fingerprint density at radius 3 is 3.05 bits per heavy atom. The third-order valence-electron chi connectivity index (χ3n) is 2.94. The number of nitrogens with one attached hydrogen (secondary N) is 1. The predicted molar refractivity (Wildman–Crippen MR) is 77.2 cm³/mol. The maximum absolute atomic E-state index is 5.81. The van der Waals surface area contributed by atoms with Gasteiger partial charge in [0.05, 0.1) is 22.5 Å². The Morgan fingerprint density at radius 2 is 2.32 bits per heavy atom. The smallest absolute Gasteiger partial charge is 0.167 e. The van der Waals surface area contributed by atoms with Gasteiger partial charge >= 0.3 is 0 Å². The lowest BCUT2D eigenvalue weighted by molar-refractivity contribution is 0.507. The van der Waals surface area contributed by atoms with Gasteiger partial charge in [-0.3, -0.25) is 0 Å². The Hall–Kier alpha value is -1.72. The van der Waals surface area contributed by atoms with E-state index in [9.17, 15) is 0 Å². The fourth-order valence-corrected chi connectivity index (χ4v) is 2.92. The van der Waals surface area contributed by atoms with Gasteiger partial charge in [-0.25, -0.2) is 4.98 Å². The Bertz CT molecular complexity index is 675. The summed E-state index contributed by atoms with van der Waals surface area (Å²) in [4.78, 5) is 7.88. The summed E-state index contributed by atoms with van der Waals surface area (Å²) in [6, 6.07) is 9.99. The number of nitrogens with zero attached hydrogens (tertiary/aromatic N) is 1. The van der Waals surface area contributed by atoms with Gasteiger partial charge in [-0.05, 0) is 36.8 Å². The highest BCUT2D eigenvalue weighted by Gasteiger charge is 2.16. The number of aromatic nitrogens is 2. The van der Waals surface area contributed by atoms with E-state index in [1.54, 1.807) is 18.0 Å². The lowest BCUT2D eigenvalue weighted by Crippen LogP contribution is -2.08. The van der Waals surface area contributed by atoms with Crippen molar-refractivity contribution in [2.45, 2.75) is 17.3 Å². The Balaban J connectivity index is 1.88. The van der Waals surface area contributed by atoms with Gasteiger partial charge in [-0.15, -0.1) is 0 Å². The molecule has 0 amide bonds. The zero-order valence-corrected chi connectivity index (χ0v) is 11.4. The number of hydrogen-bond donors (Lipinski definition) is 2. The zero-order valence-electron chi connectivity index (χ0n) is 10.6. The first kappa shape index (κ1) is 12.3. The van der Waals surface area contributed by atoms with Crippen LogP contribution in [0.25, 0.3) is 11.0 Å². The van der Waals surface area contributed by atoms with Crippen LogP contribution in [-0.2, 0) is 0 Å². The molecule has 0 saturated carbocycles. The summed E-state index contributed by atoms with van der Waals surface area (Å²) in [5.74, 6) is 0.879. The van der Waals surface area contributed by atoms with E-state index in [2.05, 4.69) is 29.0 Å². The molecule has 1 atom stereocenters. The van der Waals surface area contributed by atoms with E-state index in [-0.39, 0.29) is 5.25 Å². The summed E-state index contributed by atoms with van der Waals surface area (Å²) in [6.45, 7) is 2.58. The third-order valence-corrected chi connectivity index (χ3v) is 4.07. The van der Waals surface area contributed by atoms with Crippen molar-refractivity contribution in [3.05, 3.63) is 47.9 Å². The third kappa shape index (κ3) is 2.52. The van der Waals surface area contributed by atoms with Crippen LogP contribution in [0, 0.1) is 6.92 Å². The summed E-state index contributed by atoms with van der Waals surface area (Å²) in [6.07, 6.45) is 1.67. The molecular weight excluding hydrogens is 258 g/mol. The number of benzene rings is 1. The average molecular weight is 273 g/mol. The second-order valence-electron chi connectivity index (χ2n) is 4.42. The van der Waals surface area contributed by atoms with Crippen LogP contribution < -0.4 is 5.73 Å². The van der Waals surface area contributed by atoms with Gasteiger partial charge in [0.15, 0.2) is 5.16 Å². The van der Waals surface area contributed by atoms with Crippen LogP contribution in [0.1, 0.15) is 16.6 Å². The van der Waals surface area contributed by atoms with Crippen molar-refractivity contribution in [3.63, 3.8) is 0 Å². The molecule has 3 N–H and O–H groups in total. The molecule has 19 heavy (non-hydrogen) atoms. The van der Waals surface area contributed by atoms with Crippen molar-refractivity contribution in [3.8, 4) is 0 Å². The van der Waals surface area contributed by atoms with Gasteiger partial charge in [0, 0.05) is 6.54 Å². The van der Waals surface area contributed by atoms with Crippen LogP contribution in [0.2, 0.25) is 0 Å². The van der Waals surface area contributed by atoms with Gasteiger partial charge in [-0.1, -0.05) is 17.8 Å². The Morgan fingerprint density at radius 1 is 1.42 bits per heavy atom. The van der Waals surface area contributed by atoms with Crippen LogP contribution in [0.15, 0.2) is 46.2 Å². The number of thioether (sulfide) groups is 1.